The predicted octanol–water partition coefficient (Wildman–Crippen LogP) is 3.20. The maximum Gasteiger partial charge on any atom is 0.202 e. The summed E-state index contributed by atoms with van der Waals surface area (Å²) in [5.41, 5.74) is 9.94. The third-order valence-electron chi connectivity index (χ3n) is 5.60. The van der Waals surface area contributed by atoms with E-state index in [9.17, 15) is 0 Å². The van der Waals surface area contributed by atoms with Crippen LogP contribution in [0.25, 0.3) is 22.4 Å². The van der Waals surface area contributed by atoms with Crippen LogP contribution in [0.4, 0.5) is 5.82 Å². The summed E-state index contributed by atoms with van der Waals surface area (Å²) in [5.74, 6) is 0.856. The van der Waals surface area contributed by atoms with Crippen LogP contribution in [0.3, 0.4) is 0 Å². The van der Waals surface area contributed by atoms with Crippen molar-refractivity contribution in [3.8, 4) is 11.3 Å². The summed E-state index contributed by atoms with van der Waals surface area (Å²) in [5, 5.41) is 8.05. The minimum atomic E-state index is 0.225. The first kappa shape index (κ1) is 18.1. The summed E-state index contributed by atoms with van der Waals surface area (Å²) in [6, 6.07) is 1.88. The molecule has 0 aliphatic carbocycles. The fraction of sp³-hybridized carbons (Fsp3) is 0.474. The van der Waals surface area contributed by atoms with Crippen molar-refractivity contribution in [3.05, 3.63) is 29.2 Å². The monoisotopic (exact) mass is 385 g/mol. The van der Waals surface area contributed by atoms with Gasteiger partial charge in [-0.15, -0.1) is 0 Å². The number of nitrogens with one attached hydrogen (secondary N) is 1. The Bertz CT molecular complexity index is 960. The van der Waals surface area contributed by atoms with Crippen LogP contribution in [0, 0.1) is 5.41 Å². The van der Waals surface area contributed by atoms with Gasteiger partial charge in [-0.3, -0.25) is 10.1 Å². The topological polar surface area (TPSA) is 96.6 Å². The van der Waals surface area contributed by atoms with Crippen LogP contribution in [0.1, 0.15) is 32.4 Å². The molecule has 1 saturated heterocycles. The van der Waals surface area contributed by atoms with Gasteiger partial charge in [0.1, 0.15) is 11.3 Å². The van der Waals surface area contributed by atoms with Gasteiger partial charge in [0.15, 0.2) is 0 Å². The van der Waals surface area contributed by atoms with E-state index in [2.05, 4.69) is 32.0 Å². The van der Waals surface area contributed by atoms with Crippen molar-refractivity contribution in [2.45, 2.75) is 33.1 Å². The Morgan fingerprint density at radius 3 is 2.78 bits per heavy atom. The number of hydrogen-bond acceptors (Lipinski definition) is 6. The van der Waals surface area contributed by atoms with E-state index in [1.807, 2.05) is 19.2 Å². The van der Waals surface area contributed by atoms with Crippen molar-refractivity contribution < 1.29 is 0 Å². The van der Waals surface area contributed by atoms with Crippen LogP contribution < -0.4 is 10.6 Å². The van der Waals surface area contributed by atoms with Crippen molar-refractivity contribution in [1.29, 1.82) is 0 Å². The summed E-state index contributed by atoms with van der Waals surface area (Å²) < 4.78 is 0. The molecule has 142 valence electrons. The molecule has 0 bridgehead atoms. The highest BCUT2D eigenvalue weighted by atomic mass is 35.5. The normalized spacial score (nSPS) is 16.8. The number of piperidine rings is 1. The van der Waals surface area contributed by atoms with Crippen LogP contribution in [0.2, 0.25) is 5.02 Å². The molecule has 4 heterocycles. The number of hydrogen-bond donors (Lipinski definition) is 2. The first-order chi connectivity index (χ1) is 13.0. The van der Waals surface area contributed by atoms with Gasteiger partial charge in [0.2, 0.25) is 5.65 Å². The summed E-state index contributed by atoms with van der Waals surface area (Å²) >= 11 is 6.52. The van der Waals surface area contributed by atoms with Crippen molar-refractivity contribution in [3.63, 3.8) is 0 Å². The summed E-state index contributed by atoms with van der Waals surface area (Å²) in [6.07, 6.45) is 6.47. The Balaban J connectivity index is 1.65. The van der Waals surface area contributed by atoms with E-state index < -0.39 is 0 Å². The van der Waals surface area contributed by atoms with Gasteiger partial charge in [-0.05, 0) is 37.3 Å². The minimum absolute atomic E-state index is 0.225. The number of H-pyrrole nitrogens is 1. The Morgan fingerprint density at radius 2 is 2.07 bits per heavy atom. The minimum Gasteiger partial charge on any atom is -0.355 e. The van der Waals surface area contributed by atoms with E-state index in [1.165, 1.54) is 0 Å². The smallest absolute Gasteiger partial charge is 0.202 e. The van der Waals surface area contributed by atoms with Crippen molar-refractivity contribution in [1.82, 2.24) is 25.1 Å². The molecule has 0 unspecified atom stereocenters. The third kappa shape index (κ3) is 3.26. The molecular formula is C19H24ClN7. The number of nitrogens with zero attached hydrogens (tertiary/aromatic N) is 5. The zero-order chi connectivity index (χ0) is 19.0. The molecule has 0 spiro atoms. The van der Waals surface area contributed by atoms with Crippen LogP contribution in [0.5, 0.6) is 0 Å². The molecule has 0 radical (unpaired) electrons. The van der Waals surface area contributed by atoms with E-state index in [0.717, 1.165) is 67.2 Å². The number of aromatic nitrogens is 5. The maximum absolute atomic E-state index is 6.52. The molecule has 1 fully saturated rings. The second-order valence-corrected chi connectivity index (χ2v) is 7.85. The average molecular weight is 386 g/mol. The van der Waals surface area contributed by atoms with Gasteiger partial charge < -0.3 is 10.6 Å². The molecule has 3 N–H and O–H groups in total. The van der Waals surface area contributed by atoms with Crippen LogP contribution in [0.15, 0.2) is 18.5 Å². The van der Waals surface area contributed by atoms with Crippen molar-refractivity contribution >= 4 is 28.6 Å². The number of nitrogens with two attached hydrogens (primary N) is 1. The van der Waals surface area contributed by atoms with E-state index in [-0.39, 0.29) is 5.41 Å². The maximum atomic E-state index is 6.52. The fourth-order valence-electron chi connectivity index (χ4n) is 3.53. The number of aromatic amines is 1. The standard InChI is InChI=1S/C19H24ClN7/c1-3-13-15(20)12(4-7-22-13)16-17-18(26-25-16)24-14(10-23-17)27-8-5-19(2,11-21)6-9-27/h4,7,10H,3,5-6,8-9,11,21H2,1-2H3,(H,24,25,26). The molecule has 3 aromatic rings. The third-order valence-corrected chi connectivity index (χ3v) is 6.03. The molecule has 8 heteroatoms. The molecule has 0 amide bonds. The molecule has 1 aliphatic rings. The zero-order valence-corrected chi connectivity index (χ0v) is 16.4. The number of halogens is 1. The summed E-state index contributed by atoms with van der Waals surface area (Å²) in [4.78, 5) is 15.9. The van der Waals surface area contributed by atoms with Gasteiger partial charge >= 0.3 is 0 Å². The van der Waals surface area contributed by atoms with Crippen molar-refractivity contribution in [2.24, 2.45) is 11.1 Å². The number of rotatable bonds is 4. The van der Waals surface area contributed by atoms with Crippen LogP contribution >= 0.6 is 11.6 Å². The van der Waals surface area contributed by atoms with E-state index >= 15 is 0 Å². The first-order valence-corrected chi connectivity index (χ1v) is 9.72. The number of fused-ring (bicyclic) bond motifs is 1. The van der Waals surface area contributed by atoms with Crippen LogP contribution in [-0.2, 0) is 6.42 Å². The van der Waals surface area contributed by atoms with E-state index in [4.69, 9.17) is 22.3 Å². The highest BCUT2D eigenvalue weighted by molar-refractivity contribution is 6.34. The Kier molecular flexibility index (Phi) is 4.74. The lowest BCUT2D eigenvalue weighted by Gasteiger charge is -2.39. The highest BCUT2D eigenvalue weighted by Crippen LogP contribution is 2.34. The Hall–Kier alpha value is -2.25. The Morgan fingerprint density at radius 1 is 1.30 bits per heavy atom. The van der Waals surface area contributed by atoms with Gasteiger partial charge in [0.05, 0.1) is 22.6 Å². The molecule has 27 heavy (non-hydrogen) atoms. The van der Waals surface area contributed by atoms with Gasteiger partial charge in [-0.25, -0.2) is 9.97 Å². The Labute approximate surface area is 163 Å². The predicted molar refractivity (Wildman–Crippen MR) is 108 cm³/mol. The number of anilines is 1. The number of aryl methyl sites for hydroxylation is 1. The van der Waals surface area contributed by atoms with Gasteiger partial charge in [-0.1, -0.05) is 25.4 Å². The second kappa shape index (κ2) is 7.05. The molecule has 0 atom stereocenters. The lowest BCUT2D eigenvalue weighted by molar-refractivity contribution is 0.258. The molecule has 3 aromatic heterocycles. The van der Waals surface area contributed by atoms with Crippen molar-refractivity contribution in [2.75, 3.05) is 24.5 Å². The zero-order valence-electron chi connectivity index (χ0n) is 15.7. The fourth-order valence-corrected chi connectivity index (χ4v) is 3.87. The van der Waals surface area contributed by atoms with E-state index in [0.29, 0.717) is 10.7 Å². The number of pyridine rings is 1. The molecule has 1 aliphatic heterocycles. The van der Waals surface area contributed by atoms with E-state index in [1.54, 1.807) is 6.20 Å². The SMILES string of the molecule is CCc1nccc(-c2[nH]nc3nc(N4CCC(C)(CN)CC4)cnc23)c1Cl. The lowest BCUT2D eigenvalue weighted by Crippen LogP contribution is -2.42. The van der Waals surface area contributed by atoms with Gasteiger partial charge in [0, 0.05) is 24.8 Å². The quantitative estimate of drug-likeness (QED) is 0.715. The molecule has 0 aromatic carbocycles. The second-order valence-electron chi connectivity index (χ2n) is 7.47. The first-order valence-electron chi connectivity index (χ1n) is 9.34. The highest BCUT2D eigenvalue weighted by Gasteiger charge is 2.29. The van der Waals surface area contributed by atoms with Gasteiger partial charge in [-0.2, -0.15) is 5.10 Å². The molecular weight excluding hydrogens is 362 g/mol. The molecule has 0 saturated carbocycles. The summed E-state index contributed by atoms with van der Waals surface area (Å²) in [7, 11) is 0. The van der Waals surface area contributed by atoms with Crippen LogP contribution in [-0.4, -0.2) is 44.8 Å². The average Bonchev–Trinajstić information content (AvgIpc) is 3.12. The molecule has 4 rings (SSSR count). The summed E-state index contributed by atoms with van der Waals surface area (Å²) in [6.45, 7) is 6.87. The van der Waals surface area contributed by atoms with Gasteiger partial charge in [0.25, 0.3) is 0 Å². The molecule has 7 nitrogen and oxygen atoms in total. The lowest BCUT2D eigenvalue weighted by atomic mass is 9.80. The largest absolute Gasteiger partial charge is 0.355 e.